The lowest BCUT2D eigenvalue weighted by molar-refractivity contribution is -0.125. The number of hydrogen-bond donors (Lipinski definition) is 1. The molecule has 2 unspecified atom stereocenters. The van der Waals surface area contributed by atoms with Crippen LogP contribution in [0.25, 0.3) is 0 Å². The summed E-state index contributed by atoms with van der Waals surface area (Å²) in [5, 5.41) is 11.7. The summed E-state index contributed by atoms with van der Waals surface area (Å²) in [5.74, 6) is -0.770. The molecule has 1 saturated heterocycles. The third-order valence-corrected chi connectivity index (χ3v) is 3.13. The summed E-state index contributed by atoms with van der Waals surface area (Å²) < 4.78 is 10.7. The Morgan fingerprint density at radius 2 is 2.47 bits per heavy atom. The van der Waals surface area contributed by atoms with E-state index in [1.807, 2.05) is 13.0 Å². The summed E-state index contributed by atoms with van der Waals surface area (Å²) in [6, 6.07) is 2.02. The van der Waals surface area contributed by atoms with Crippen molar-refractivity contribution in [2.24, 2.45) is 5.92 Å². The number of carbonyl (C=O) groups excluding carboxylic acids is 1. The second-order valence-electron chi connectivity index (χ2n) is 4.38. The summed E-state index contributed by atoms with van der Waals surface area (Å²) in [6.45, 7) is 3.51. The van der Waals surface area contributed by atoms with Gasteiger partial charge < -0.3 is 14.8 Å². The molecular weight excluding hydrogens is 220 g/mol. The fraction of sp³-hybridized carbons (Fsp3) is 0.833. The zero-order valence-corrected chi connectivity index (χ0v) is 10.5. The number of nitrogens with zero attached hydrogens (tertiary/aromatic N) is 1. The van der Waals surface area contributed by atoms with Crippen molar-refractivity contribution in [3.63, 3.8) is 0 Å². The van der Waals surface area contributed by atoms with Gasteiger partial charge in [-0.1, -0.05) is 13.3 Å². The van der Waals surface area contributed by atoms with Gasteiger partial charge in [0.15, 0.2) is 0 Å². The molecule has 1 aliphatic heterocycles. The van der Waals surface area contributed by atoms with E-state index in [9.17, 15) is 4.79 Å². The molecule has 17 heavy (non-hydrogen) atoms. The minimum Gasteiger partial charge on any atom is -0.378 e. The van der Waals surface area contributed by atoms with Crippen molar-refractivity contribution in [2.75, 3.05) is 26.9 Å². The maximum absolute atomic E-state index is 11.7. The Morgan fingerprint density at radius 1 is 1.71 bits per heavy atom. The highest BCUT2D eigenvalue weighted by molar-refractivity contribution is 5.81. The van der Waals surface area contributed by atoms with E-state index in [1.54, 1.807) is 7.11 Å². The van der Waals surface area contributed by atoms with Gasteiger partial charge in [0.1, 0.15) is 11.5 Å². The second-order valence-corrected chi connectivity index (χ2v) is 4.38. The number of nitriles is 1. The minimum atomic E-state index is -0.559. The molecule has 0 aromatic rings. The average Bonchev–Trinajstić information content (AvgIpc) is 2.82. The highest BCUT2D eigenvalue weighted by Crippen LogP contribution is 2.21. The predicted molar refractivity (Wildman–Crippen MR) is 62.2 cm³/mol. The molecule has 1 aliphatic rings. The van der Waals surface area contributed by atoms with Gasteiger partial charge >= 0.3 is 0 Å². The van der Waals surface area contributed by atoms with E-state index in [1.165, 1.54) is 0 Å². The molecule has 0 aromatic heterocycles. The SMILES string of the molecule is CCCC(C#N)C(=O)NCC1(OC)CCOC1. The lowest BCUT2D eigenvalue weighted by atomic mass is 10.0. The van der Waals surface area contributed by atoms with Gasteiger partial charge in [-0.3, -0.25) is 4.79 Å². The van der Waals surface area contributed by atoms with E-state index in [4.69, 9.17) is 14.7 Å². The van der Waals surface area contributed by atoms with Crippen LogP contribution in [-0.4, -0.2) is 38.4 Å². The number of hydrogen-bond acceptors (Lipinski definition) is 4. The molecule has 1 amide bonds. The molecule has 96 valence electrons. The highest BCUT2D eigenvalue weighted by Gasteiger charge is 2.35. The van der Waals surface area contributed by atoms with Crippen LogP contribution in [0.3, 0.4) is 0 Å². The third-order valence-electron chi connectivity index (χ3n) is 3.13. The molecule has 0 saturated carbocycles. The Morgan fingerprint density at radius 3 is 2.94 bits per heavy atom. The number of amides is 1. The topological polar surface area (TPSA) is 71.4 Å². The zero-order chi connectivity index (χ0) is 12.7. The maximum Gasteiger partial charge on any atom is 0.237 e. The lowest BCUT2D eigenvalue weighted by Gasteiger charge is -2.26. The molecule has 1 heterocycles. The minimum absolute atomic E-state index is 0.210. The second kappa shape index (κ2) is 6.58. The number of methoxy groups -OCH3 is 1. The summed E-state index contributed by atoms with van der Waals surface area (Å²) in [4.78, 5) is 11.7. The number of rotatable bonds is 6. The van der Waals surface area contributed by atoms with Crippen LogP contribution in [0.2, 0.25) is 0 Å². The molecule has 0 spiro atoms. The quantitative estimate of drug-likeness (QED) is 0.747. The average molecular weight is 240 g/mol. The van der Waals surface area contributed by atoms with E-state index in [0.717, 1.165) is 12.8 Å². The van der Waals surface area contributed by atoms with Gasteiger partial charge in [0, 0.05) is 26.7 Å². The molecule has 1 N–H and O–H groups in total. The Hall–Kier alpha value is -1.12. The van der Waals surface area contributed by atoms with Gasteiger partial charge in [0.05, 0.1) is 12.7 Å². The van der Waals surface area contributed by atoms with Crippen molar-refractivity contribution < 1.29 is 14.3 Å². The smallest absolute Gasteiger partial charge is 0.237 e. The van der Waals surface area contributed by atoms with Crippen LogP contribution in [0.4, 0.5) is 0 Å². The highest BCUT2D eigenvalue weighted by atomic mass is 16.5. The van der Waals surface area contributed by atoms with Gasteiger partial charge in [-0.15, -0.1) is 0 Å². The third kappa shape index (κ3) is 3.69. The monoisotopic (exact) mass is 240 g/mol. The molecule has 1 rings (SSSR count). The van der Waals surface area contributed by atoms with Crippen LogP contribution in [0, 0.1) is 17.2 Å². The largest absolute Gasteiger partial charge is 0.378 e. The predicted octanol–water partition coefficient (Wildman–Crippen LogP) is 0.848. The van der Waals surface area contributed by atoms with Crippen molar-refractivity contribution in [1.29, 1.82) is 5.26 Å². The summed E-state index contributed by atoms with van der Waals surface area (Å²) >= 11 is 0. The summed E-state index contributed by atoms with van der Waals surface area (Å²) in [7, 11) is 1.62. The molecule has 0 bridgehead atoms. The van der Waals surface area contributed by atoms with E-state index in [2.05, 4.69) is 5.32 Å². The number of ether oxygens (including phenoxy) is 2. The summed E-state index contributed by atoms with van der Waals surface area (Å²) in [6.07, 6.45) is 2.19. The van der Waals surface area contributed by atoms with Crippen molar-refractivity contribution in [1.82, 2.24) is 5.32 Å². The molecule has 1 fully saturated rings. The van der Waals surface area contributed by atoms with Crippen molar-refractivity contribution in [3.05, 3.63) is 0 Å². The maximum atomic E-state index is 11.7. The first kappa shape index (κ1) is 13.9. The van der Waals surface area contributed by atoms with Gasteiger partial charge in [0.25, 0.3) is 0 Å². The van der Waals surface area contributed by atoms with E-state index >= 15 is 0 Å². The Kier molecular flexibility index (Phi) is 5.39. The number of nitrogens with one attached hydrogen (secondary N) is 1. The van der Waals surface area contributed by atoms with Crippen molar-refractivity contribution in [2.45, 2.75) is 31.8 Å². The molecule has 5 heteroatoms. The number of carbonyl (C=O) groups is 1. The first-order valence-corrected chi connectivity index (χ1v) is 5.97. The molecular formula is C12H20N2O3. The van der Waals surface area contributed by atoms with Gasteiger partial charge in [-0.2, -0.15) is 5.26 Å². The van der Waals surface area contributed by atoms with E-state index in [-0.39, 0.29) is 5.91 Å². The van der Waals surface area contributed by atoms with Gasteiger partial charge in [-0.25, -0.2) is 0 Å². The lowest BCUT2D eigenvalue weighted by Crippen LogP contribution is -2.46. The van der Waals surface area contributed by atoms with Crippen LogP contribution < -0.4 is 5.32 Å². The first-order valence-electron chi connectivity index (χ1n) is 5.97. The Bertz CT molecular complexity index is 293. The van der Waals surface area contributed by atoms with Crippen molar-refractivity contribution >= 4 is 5.91 Å². The Labute approximate surface area is 102 Å². The molecule has 5 nitrogen and oxygen atoms in total. The summed E-state index contributed by atoms with van der Waals surface area (Å²) in [5.41, 5.74) is -0.415. The van der Waals surface area contributed by atoms with Crippen LogP contribution >= 0.6 is 0 Å². The first-order chi connectivity index (χ1) is 8.17. The molecule has 0 radical (unpaired) electrons. The van der Waals surface area contributed by atoms with Crippen LogP contribution in [0.5, 0.6) is 0 Å². The van der Waals surface area contributed by atoms with Crippen LogP contribution in [-0.2, 0) is 14.3 Å². The van der Waals surface area contributed by atoms with E-state index < -0.39 is 11.5 Å². The van der Waals surface area contributed by atoms with E-state index in [0.29, 0.717) is 26.2 Å². The van der Waals surface area contributed by atoms with Gasteiger partial charge in [-0.05, 0) is 6.42 Å². The van der Waals surface area contributed by atoms with Crippen LogP contribution in [0.15, 0.2) is 0 Å². The van der Waals surface area contributed by atoms with Gasteiger partial charge in [0.2, 0.25) is 5.91 Å². The zero-order valence-electron chi connectivity index (χ0n) is 10.5. The molecule has 2 atom stereocenters. The fourth-order valence-corrected chi connectivity index (χ4v) is 1.88. The standard InChI is InChI=1S/C12H20N2O3/c1-3-4-10(7-13)11(15)14-8-12(16-2)5-6-17-9-12/h10H,3-6,8-9H2,1-2H3,(H,14,15). The molecule has 0 aliphatic carbocycles. The molecule has 0 aromatic carbocycles. The Balaban J connectivity index is 2.43. The normalized spacial score (nSPS) is 25.2. The van der Waals surface area contributed by atoms with Crippen LogP contribution in [0.1, 0.15) is 26.2 Å². The van der Waals surface area contributed by atoms with Crippen molar-refractivity contribution in [3.8, 4) is 6.07 Å². The fourth-order valence-electron chi connectivity index (χ4n) is 1.88.